The van der Waals surface area contributed by atoms with Gasteiger partial charge in [-0.3, -0.25) is 4.79 Å². The van der Waals surface area contributed by atoms with E-state index in [2.05, 4.69) is 0 Å². The SMILES string of the molecule is CCCCOC(=O)c1cc(Cl)c(=O)n(Cc2ccc(Cl)cc2Cl)c1. The highest BCUT2D eigenvalue weighted by molar-refractivity contribution is 6.35. The molecule has 2 aromatic rings. The van der Waals surface area contributed by atoms with Crippen LogP contribution in [0.4, 0.5) is 0 Å². The maximum Gasteiger partial charge on any atom is 0.339 e. The van der Waals surface area contributed by atoms with Crippen LogP contribution in [0, 0.1) is 0 Å². The lowest BCUT2D eigenvalue weighted by atomic mass is 10.2. The number of unbranched alkanes of at least 4 members (excludes halogenated alkanes) is 1. The van der Waals surface area contributed by atoms with Crippen molar-refractivity contribution in [1.82, 2.24) is 4.57 Å². The molecule has 0 amide bonds. The van der Waals surface area contributed by atoms with E-state index < -0.39 is 11.5 Å². The predicted molar refractivity (Wildman–Crippen MR) is 96.5 cm³/mol. The highest BCUT2D eigenvalue weighted by Gasteiger charge is 2.13. The molecule has 0 unspecified atom stereocenters. The Hall–Kier alpha value is -1.49. The number of hydrogen-bond acceptors (Lipinski definition) is 3. The number of aromatic nitrogens is 1. The number of pyridine rings is 1. The first kappa shape index (κ1) is 18.8. The van der Waals surface area contributed by atoms with Crippen molar-refractivity contribution in [1.29, 1.82) is 0 Å². The molecule has 7 heteroatoms. The molecule has 0 N–H and O–H groups in total. The van der Waals surface area contributed by atoms with Gasteiger partial charge in [0.05, 0.1) is 18.7 Å². The molecular weight excluding hydrogens is 373 g/mol. The largest absolute Gasteiger partial charge is 0.462 e. The highest BCUT2D eigenvalue weighted by atomic mass is 35.5. The molecule has 0 saturated carbocycles. The quantitative estimate of drug-likeness (QED) is 0.527. The van der Waals surface area contributed by atoms with E-state index in [9.17, 15) is 9.59 Å². The number of esters is 1. The Bertz CT molecular complexity index is 802. The second-order valence-corrected chi connectivity index (χ2v) is 6.49. The van der Waals surface area contributed by atoms with Crippen LogP contribution in [0.15, 0.2) is 35.3 Å². The van der Waals surface area contributed by atoms with Gasteiger partial charge in [0.15, 0.2) is 0 Å². The van der Waals surface area contributed by atoms with Crippen LogP contribution >= 0.6 is 34.8 Å². The van der Waals surface area contributed by atoms with Gasteiger partial charge in [0.2, 0.25) is 0 Å². The Balaban J connectivity index is 2.29. The molecule has 0 aliphatic carbocycles. The van der Waals surface area contributed by atoms with Crippen LogP contribution in [0.5, 0.6) is 0 Å². The van der Waals surface area contributed by atoms with E-state index in [4.69, 9.17) is 39.5 Å². The van der Waals surface area contributed by atoms with Crippen LogP contribution in [-0.2, 0) is 11.3 Å². The second kappa shape index (κ2) is 8.56. The zero-order valence-corrected chi connectivity index (χ0v) is 15.3. The molecule has 0 radical (unpaired) electrons. The van der Waals surface area contributed by atoms with Crippen LogP contribution in [0.3, 0.4) is 0 Å². The van der Waals surface area contributed by atoms with E-state index in [1.807, 2.05) is 6.92 Å². The third kappa shape index (κ3) is 4.76. The minimum Gasteiger partial charge on any atom is -0.462 e. The molecular formula is C17H16Cl3NO3. The minimum atomic E-state index is -0.513. The van der Waals surface area contributed by atoms with Crippen molar-refractivity contribution in [2.24, 2.45) is 0 Å². The number of hydrogen-bond donors (Lipinski definition) is 0. The molecule has 128 valence electrons. The van der Waals surface area contributed by atoms with Crippen molar-refractivity contribution < 1.29 is 9.53 Å². The van der Waals surface area contributed by atoms with Gasteiger partial charge < -0.3 is 9.30 Å². The van der Waals surface area contributed by atoms with Crippen molar-refractivity contribution in [3.05, 3.63) is 67.0 Å². The summed E-state index contributed by atoms with van der Waals surface area (Å²) in [5, 5.41) is 0.883. The average molecular weight is 389 g/mol. The first-order chi connectivity index (χ1) is 11.4. The van der Waals surface area contributed by atoms with Crippen molar-refractivity contribution in [3.8, 4) is 0 Å². The molecule has 0 aliphatic rings. The van der Waals surface area contributed by atoms with Crippen molar-refractivity contribution in [2.75, 3.05) is 6.61 Å². The lowest BCUT2D eigenvalue weighted by molar-refractivity contribution is 0.0498. The molecule has 1 heterocycles. The molecule has 0 atom stereocenters. The number of carbonyl (C=O) groups is 1. The molecule has 2 rings (SSSR count). The fourth-order valence-corrected chi connectivity index (χ4v) is 2.75. The number of carbonyl (C=O) groups excluding carboxylic acids is 1. The number of nitrogens with zero attached hydrogens (tertiary/aromatic N) is 1. The first-order valence-electron chi connectivity index (χ1n) is 7.43. The molecule has 0 spiro atoms. The van der Waals surface area contributed by atoms with Crippen molar-refractivity contribution >= 4 is 40.8 Å². The van der Waals surface area contributed by atoms with Gasteiger partial charge in [-0.2, -0.15) is 0 Å². The molecule has 1 aromatic heterocycles. The maximum atomic E-state index is 12.2. The summed E-state index contributed by atoms with van der Waals surface area (Å²) in [6.07, 6.45) is 3.12. The number of benzene rings is 1. The summed E-state index contributed by atoms with van der Waals surface area (Å²) in [7, 11) is 0. The lowest BCUT2D eigenvalue weighted by Gasteiger charge is -2.11. The summed E-state index contributed by atoms with van der Waals surface area (Å²) in [6, 6.07) is 6.31. The average Bonchev–Trinajstić information content (AvgIpc) is 2.54. The van der Waals surface area contributed by atoms with Gasteiger partial charge in [0.25, 0.3) is 5.56 Å². The Morgan fingerprint density at radius 2 is 1.92 bits per heavy atom. The molecule has 0 fully saturated rings. The predicted octanol–water partition coefficient (Wildman–Crippen LogP) is 4.81. The van der Waals surface area contributed by atoms with Crippen LogP contribution in [0.2, 0.25) is 15.1 Å². The third-order valence-electron chi connectivity index (χ3n) is 3.36. The molecule has 0 bridgehead atoms. The van der Waals surface area contributed by atoms with Crippen LogP contribution < -0.4 is 5.56 Å². The van der Waals surface area contributed by atoms with E-state index in [-0.39, 0.29) is 17.1 Å². The molecule has 0 saturated heterocycles. The fraction of sp³-hybridized carbons (Fsp3) is 0.294. The molecule has 0 aliphatic heterocycles. The summed E-state index contributed by atoms with van der Waals surface area (Å²) in [5.41, 5.74) is 0.504. The number of ether oxygens (including phenoxy) is 1. The fourth-order valence-electron chi connectivity index (χ4n) is 2.05. The zero-order valence-electron chi connectivity index (χ0n) is 13.0. The van der Waals surface area contributed by atoms with Crippen LogP contribution in [-0.4, -0.2) is 17.1 Å². The summed E-state index contributed by atoms with van der Waals surface area (Å²) in [4.78, 5) is 24.3. The molecule has 1 aromatic carbocycles. The van der Waals surface area contributed by atoms with Gasteiger partial charge in [-0.05, 0) is 30.2 Å². The Kier molecular flexibility index (Phi) is 6.72. The maximum absolute atomic E-state index is 12.2. The Labute approximate surface area is 154 Å². The summed E-state index contributed by atoms with van der Waals surface area (Å²) < 4.78 is 6.48. The summed E-state index contributed by atoms with van der Waals surface area (Å²) in [6.45, 7) is 2.50. The van der Waals surface area contributed by atoms with E-state index >= 15 is 0 Å². The number of rotatable bonds is 6. The Morgan fingerprint density at radius 1 is 1.17 bits per heavy atom. The lowest BCUT2D eigenvalue weighted by Crippen LogP contribution is -2.23. The smallest absolute Gasteiger partial charge is 0.339 e. The van der Waals surface area contributed by atoms with Gasteiger partial charge in [0, 0.05) is 16.2 Å². The molecule has 4 nitrogen and oxygen atoms in total. The normalized spacial score (nSPS) is 10.7. The summed E-state index contributed by atoms with van der Waals surface area (Å²) in [5.74, 6) is -0.513. The van der Waals surface area contributed by atoms with Crippen molar-refractivity contribution in [2.45, 2.75) is 26.3 Å². The minimum absolute atomic E-state index is 0.0509. The van der Waals surface area contributed by atoms with E-state index in [1.54, 1.807) is 18.2 Å². The standard InChI is InChI=1S/C17H16Cl3NO3/c1-2-3-6-24-17(23)12-7-15(20)16(22)21(10-12)9-11-4-5-13(18)8-14(11)19/h4-5,7-8,10H,2-3,6,9H2,1H3. The highest BCUT2D eigenvalue weighted by Crippen LogP contribution is 2.22. The number of halogens is 3. The summed E-state index contributed by atoms with van der Waals surface area (Å²) >= 11 is 18.0. The second-order valence-electron chi connectivity index (χ2n) is 5.23. The van der Waals surface area contributed by atoms with E-state index in [1.165, 1.54) is 16.8 Å². The Morgan fingerprint density at radius 3 is 2.58 bits per heavy atom. The molecule has 24 heavy (non-hydrogen) atoms. The van der Waals surface area contributed by atoms with Gasteiger partial charge in [0.1, 0.15) is 5.02 Å². The van der Waals surface area contributed by atoms with Crippen LogP contribution in [0.25, 0.3) is 0 Å². The van der Waals surface area contributed by atoms with Crippen molar-refractivity contribution in [3.63, 3.8) is 0 Å². The topological polar surface area (TPSA) is 48.3 Å². The van der Waals surface area contributed by atoms with Gasteiger partial charge >= 0.3 is 5.97 Å². The first-order valence-corrected chi connectivity index (χ1v) is 8.56. The van der Waals surface area contributed by atoms with Gasteiger partial charge in [-0.1, -0.05) is 54.2 Å². The van der Waals surface area contributed by atoms with E-state index in [0.717, 1.165) is 12.8 Å². The third-order valence-corrected chi connectivity index (χ3v) is 4.22. The monoisotopic (exact) mass is 387 g/mol. The van der Waals surface area contributed by atoms with Crippen LogP contribution in [0.1, 0.15) is 35.7 Å². The van der Waals surface area contributed by atoms with Gasteiger partial charge in [-0.15, -0.1) is 0 Å². The zero-order chi connectivity index (χ0) is 17.7. The van der Waals surface area contributed by atoms with Gasteiger partial charge in [-0.25, -0.2) is 4.79 Å². The van der Waals surface area contributed by atoms with E-state index in [0.29, 0.717) is 22.2 Å².